The van der Waals surface area contributed by atoms with Crippen LogP contribution in [0.5, 0.6) is 0 Å². The number of hydrogen-bond donors (Lipinski definition) is 0. The molecular formula is C12H18BrNS. The summed E-state index contributed by atoms with van der Waals surface area (Å²) >= 11 is 5.48. The summed E-state index contributed by atoms with van der Waals surface area (Å²) in [6, 6.07) is 9.04. The predicted octanol–water partition coefficient (Wildman–Crippen LogP) is 3.63. The van der Waals surface area contributed by atoms with Crippen molar-refractivity contribution in [2.24, 2.45) is 0 Å². The summed E-state index contributed by atoms with van der Waals surface area (Å²) in [5.74, 6) is 1.18. The minimum atomic E-state index is 0.618. The molecule has 0 amide bonds. The Balaban J connectivity index is 2.58. The molecule has 0 fully saturated rings. The zero-order valence-electron chi connectivity index (χ0n) is 9.53. The van der Waals surface area contributed by atoms with Crippen molar-refractivity contribution in [1.82, 2.24) is 4.90 Å². The smallest absolute Gasteiger partial charge is 0.0245 e. The van der Waals surface area contributed by atoms with Crippen molar-refractivity contribution in [2.75, 3.05) is 19.1 Å². The van der Waals surface area contributed by atoms with Crippen molar-refractivity contribution in [1.29, 1.82) is 0 Å². The molecule has 0 saturated carbocycles. The van der Waals surface area contributed by atoms with E-state index < -0.39 is 0 Å². The van der Waals surface area contributed by atoms with Crippen LogP contribution in [0.4, 0.5) is 0 Å². The average Bonchev–Trinajstić information content (AvgIpc) is 2.21. The number of nitrogens with zero attached hydrogens (tertiary/aromatic N) is 1. The van der Waals surface area contributed by atoms with E-state index in [4.69, 9.17) is 0 Å². The number of benzene rings is 1. The molecule has 1 atom stereocenters. The second-order valence-corrected chi connectivity index (χ2v) is 5.58. The molecule has 0 spiro atoms. The molecule has 1 rings (SSSR count). The fourth-order valence-electron chi connectivity index (χ4n) is 1.42. The molecule has 0 bridgehead atoms. The zero-order chi connectivity index (χ0) is 11.3. The highest BCUT2D eigenvalue weighted by Gasteiger charge is 2.09. The van der Waals surface area contributed by atoms with Crippen molar-refractivity contribution in [3.05, 3.63) is 34.3 Å². The molecule has 84 valence electrons. The van der Waals surface area contributed by atoms with E-state index in [0.29, 0.717) is 6.04 Å². The van der Waals surface area contributed by atoms with Gasteiger partial charge in [-0.2, -0.15) is 11.8 Å². The van der Waals surface area contributed by atoms with Gasteiger partial charge in [0.2, 0.25) is 0 Å². The molecule has 1 aromatic carbocycles. The van der Waals surface area contributed by atoms with Crippen molar-refractivity contribution >= 4 is 27.7 Å². The lowest BCUT2D eigenvalue weighted by molar-refractivity contribution is 0.269. The zero-order valence-corrected chi connectivity index (χ0v) is 11.9. The van der Waals surface area contributed by atoms with Crippen LogP contribution in [0.25, 0.3) is 0 Å². The van der Waals surface area contributed by atoms with E-state index in [1.165, 1.54) is 15.8 Å². The van der Waals surface area contributed by atoms with Gasteiger partial charge in [0.25, 0.3) is 0 Å². The summed E-state index contributed by atoms with van der Waals surface area (Å²) in [7, 11) is 2.18. The first-order valence-electron chi connectivity index (χ1n) is 5.07. The molecule has 0 heterocycles. The molecule has 1 unspecified atom stereocenters. The second-order valence-electron chi connectivity index (χ2n) is 3.81. The van der Waals surface area contributed by atoms with E-state index >= 15 is 0 Å². The van der Waals surface area contributed by atoms with Crippen LogP contribution in [-0.4, -0.2) is 30.0 Å². The van der Waals surface area contributed by atoms with Crippen LogP contribution in [0.15, 0.2) is 28.7 Å². The lowest BCUT2D eigenvalue weighted by Crippen LogP contribution is -2.30. The molecule has 0 aromatic heterocycles. The van der Waals surface area contributed by atoms with Gasteiger partial charge in [0.05, 0.1) is 0 Å². The van der Waals surface area contributed by atoms with Crippen LogP contribution in [0.1, 0.15) is 12.5 Å². The van der Waals surface area contributed by atoms with E-state index in [1.54, 1.807) is 0 Å². The molecule has 0 aliphatic rings. The number of hydrogen-bond acceptors (Lipinski definition) is 2. The maximum atomic E-state index is 3.58. The Morgan fingerprint density at radius 3 is 2.67 bits per heavy atom. The summed E-state index contributed by atoms with van der Waals surface area (Å²) in [6.07, 6.45) is 2.16. The first kappa shape index (κ1) is 13.1. The summed E-state index contributed by atoms with van der Waals surface area (Å²) in [5, 5.41) is 0. The summed E-state index contributed by atoms with van der Waals surface area (Å²) in [5.41, 5.74) is 1.35. The van der Waals surface area contributed by atoms with Gasteiger partial charge in [0.15, 0.2) is 0 Å². The predicted molar refractivity (Wildman–Crippen MR) is 73.5 cm³/mol. The molecule has 0 aliphatic heterocycles. The third-order valence-electron chi connectivity index (χ3n) is 2.54. The first-order chi connectivity index (χ1) is 7.15. The van der Waals surface area contributed by atoms with Gasteiger partial charge in [-0.3, -0.25) is 4.90 Å². The van der Waals surface area contributed by atoms with Gasteiger partial charge in [0, 0.05) is 22.8 Å². The fourth-order valence-corrected chi connectivity index (χ4v) is 2.57. The van der Waals surface area contributed by atoms with Crippen LogP contribution >= 0.6 is 27.7 Å². The highest BCUT2D eigenvalue weighted by Crippen LogP contribution is 2.18. The van der Waals surface area contributed by atoms with Crippen LogP contribution in [0.2, 0.25) is 0 Å². The summed E-state index contributed by atoms with van der Waals surface area (Å²) in [4.78, 5) is 2.39. The molecule has 0 saturated heterocycles. The van der Waals surface area contributed by atoms with E-state index in [-0.39, 0.29) is 0 Å². The minimum Gasteiger partial charge on any atom is -0.299 e. The summed E-state index contributed by atoms with van der Waals surface area (Å²) in [6.45, 7) is 3.27. The van der Waals surface area contributed by atoms with E-state index in [2.05, 4.69) is 65.3 Å². The fraction of sp³-hybridized carbons (Fsp3) is 0.500. The van der Waals surface area contributed by atoms with E-state index in [9.17, 15) is 0 Å². The summed E-state index contributed by atoms with van der Waals surface area (Å²) < 4.78 is 1.20. The Morgan fingerprint density at radius 1 is 1.40 bits per heavy atom. The number of halogens is 1. The Kier molecular flexibility index (Phi) is 5.72. The molecule has 0 N–H and O–H groups in total. The maximum Gasteiger partial charge on any atom is 0.0245 e. The van der Waals surface area contributed by atoms with Crippen molar-refractivity contribution in [2.45, 2.75) is 19.5 Å². The Morgan fingerprint density at radius 2 is 2.07 bits per heavy atom. The SMILES string of the molecule is CSCC(C)N(C)Cc1ccccc1Br. The van der Waals surface area contributed by atoms with Gasteiger partial charge in [-0.1, -0.05) is 34.1 Å². The third-order valence-corrected chi connectivity index (χ3v) is 4.13. The minimum absolute atomic E-state index is 0.618. The van der Waals surface area contributed by atoms with Gasteiger partial charge < -0.3 is 0 Å². The second kappa shape index (κ2) is 6.56. The molecular weight excluding hydrogens is 270 g/mol. The van der Waals surface area contributed by atoms with E-state index in [1.807, 2.05) is 11.8 Å². The monoisotopic (exact) mass is 287 g/mol. The van der Waals surface area contributed by atoms with Crippen LogP contribution in [0, 0.1) is 0 Å². The van der Waals surface area contributed by atoms with Crippen molar-refractivity contribution in [3.8, 4) is 0 Å². The molecule has 1 nitrogen and oxygen atoms in total. The standard InChI is InChI=1S/C12H18BrNS/c1-10(9-15-3)14(2)8-11-6-4-5-7-12(11)13/h4-7,10H,8-9H2,1-3H3. The van der Waals surface area contributed by atoms with Gasteiger partial charge >= 0.3 is 0 Å². The lowest BCUT2D eigenvalue weighted by atomic mass is 10.2. The molecule has 1 aromatic rings. The molecule has 0 aliphatic carbocycles. The Bertz CT molecular complexity index is 303. The normalized spacial score (nSPS) is 13.1. The Labute approximate surface area is 105 Å². The van der Waals surface area contributed by atoms with Crippen LogP contribution in [0.3, 0.4) is 0 Å². The highest BCUT2D eigenvalue weighted by atomic mass is 79.9. The molecule has 0 radical (unpaired) electrons. The maximum absolute atomic E-state index is 3.58. The third kappa shape index (κ3) is 4.17. The van der Waals surface area contributed by atoms with Crippen LogP contribution in [-0.2, 0) is 6.54 Å². The quantitative estimate of drug-likeness (QED) is 0.814. The molecule has 15 heavy (non-hydrogen) atoms. The number of rotatable bonds is 5. The van der Waals surface area contributed by atoms with Gasteiger partial charge in [-0.15, -0.1) is 0 Å². The number of thioether (sulfide) groups is 1. The van der Waals surface area contributed by atoms with Gasteiger partial charge in [-0.25, -0.2) is 0 Å². The van der Waals surface area contributed by atoms with Gasteiger partial charge in [0.1, 0.15) is 0 Å². The van der Waals surface area contributed by atoms with Crippen molar-refractivity contribution in [3.63, 3.8) is 0 Å². The highest BCUT2D eigenvalue weighted by molar-refractivity contribution is 9.10. The van der Waals surface area contributed by atoms with Crippen molar-refractivity contribution < 1.29 is 0 Å². The lowest BCUT2D eigenvalue weighted by Gasteiger charge is -2.24. The topological polar surface area (TPSA) is 3.24 Å². The van der Waals surface area contributed by atoms with Crippen LogP contribution < -0.4 is 0 Å². The largest absolute Gasteiger partial charge is 0.299 e. The Hall–Kier alpha value is 0.01000. The van der Waals surface area contributed by atoms with E-state index in [0.717, 1.165) is 6.54 Å². The van der Waals surface area contributed by atoms with Gasteiger partial charge in [-0.05, 0) is 31.9 Å². The molecule has 3 heteroatoms. The first-order valence-corrected chi connectivity index (χ1v) is 7.26. The average molecular weight is 288 g/mol.